The second-order valence-electron chi connectivity index (χ2n) is 5.74. The number of halogens is 1. The van der Waals surface area contributed by atoms with E-state index in [0.717, 1.165) is 40.1 Å². The zero-order valence-electron chi connectivity index (χ0n) is 12.6. The van der Waals surface area contributed by atoms with E-state index in [0.29, 0.717) is 6.04 Å². The Hall–Kier alpha value is -1.81. The third-order valence-electron chi connectivity index (χ3n) is 4.28. The smallest absolute Gasteiger partial charge is 0.196 e. The minimum absolute atomic E-state index is 0. The zero-order valence-corrected chi connectivity index (χ0v) is 13.4. The lowest BCUT2D eigenvalue weighted by molar-refractivity contribution is 0.661. The Morgan fingerprint density at radius 2 is 1.95 bits per heavy atom. The van der Waals surface area contributed by atoms with E-state index < -0.39 is 0 Å². The van der Waals surface area contributed by atoms with Gasteiger partial charge in [-0.3, -0.25) is 0 Å². The van der Waals surface area contributed by atoms with Crippen molar-refractivity contribution in [3.63, 3.8) is 0 Å². The summed E-state index contributed by atoms with van der Waals surface area (Å²) in [4.78, 5) is 9.33. The molecule has 0 aliphatic heterocycles. The van der Waals surface area contributed by atoms with Gasteiger partial charge in [-0.15, -0.1) is 12.4 Å². The van der Waals surface area contributed by atoms with Gasteiger partial charge in [-0.25, -0.2) is 9.97 Å². The van der Waals surface area contributed by atoms with Gasteiger partial charge in [-0.05, 0) is 25.0 Å². The fourth-order valence-corrected chi connectivity index (χ4v) is 3.16. The van der Waals surface area contributed by atoms with Crippen LogP contribution in [0, 0.1) is 0 Å². The molecule has 0 radical (unpaired) electrons. The van der Waals surface area contributed by atoms with Crippen LogP contribution < -0.4 is 5.32 Å². The molecule has 0 atom stereocenters. The predicted molar refractivity (Wildman–Crippen MR) is 91.8 cm³/mol. The lowest BCUT2D eigenvalue weighted by Gasteiger charge is -2.13. The molecule has 4 nitrogen and oxygen atoms in total. The summed E-state index contributed by atoms with van der Waals surface area (Å²) in [5.41, 5.74) is 2.60. The maximum absolute atomic E-state index is 6.01. The van der Waals surface area contributed by atoms with Crippen molar-refractivity contribution < 1.29 is 4.42 Å². The van der Waals surface area contributed by atoms with Gasteiger partial charge in [0.25, 0.3) is 0 Å². The van der Waals surface area contributed by atoms with Gasteiger partial charge in [0.15, 0.2) is 11.4 Å². The third-order valence-corrected chi connectivity index (χ3v) is 4.28. The Labute approximate surface area is 135 Å². The summed E-state index contributed by atoms with van der Waals surface area (Å²) >= 11 is 0. The number of hydrogen-bond donors (Lipinski definition) is 1. The topological polar surface area (TPSA) is 51.0 Å². The van der Waals surface area contributed by atoms with Crippen LogP contribution in [0.4, 0.5) is 5.82 Å². The van der Waals surface area contributed by atoms with Gasteiger partial charge in [-0.1, -0.05) is 31.9 Å². The number of furan rings is 1. The highest BCUT2D eigenvalue weighted by Gasteiger charge is 2.20. The number of fused-ring (bicyclic) bond motifs is 3. The number of aryl methyl sites for hydroxylation is 1. The van der Waals surface area contributed by atoms with Crippen molar-refractivity contribution in [1.82, 2.24) is 9.97 Å². The largest absolute Gasteiger partial charge is 0.450 e. The van der Waals surface area contributed by atoms with Crippen LogP contribution in [-0.2, 0) is 6.42 Å². The molecule has 0 spiro atoms. The molecule has 1 fully saturated rings. The molecule has 116 valence electrons. The van der Waals surface area contributed by atoms with E-state index in [9.17, 15) is 0 Å². The molecule has 0 saturated heterocycles. The van der Waals surface area contributed by atoms with E-state index >= 15 is 0 Å². The Bertz CT molecular complexity index is 793. The summed E-state index contributed by atoms with van der Waals surface area (Å²) in [6.45, 7) is 2.09. The SMILES string of the molecule is CCc1nc(NC2CCCC2)c2oc3ccccc3c2n1.Cl. The average molecular weight is 318 g/mol. The molecular weight excluding hydrogens is 298 g/mol. The van der Waals surface area contributed by atoms with E-state index in [1.54, 1.807) is 0 Å². The van der Waals surface area contributed by atoms with Crippen molar-refractivity contribution in [2.24, 2.45) is 0 Å². The minimum Gasteiger partial charge on any atom is -0.450 e. The molecule has 1 aromatic carbocycles. The second kappa shape index (κ2) is 6.13. The van der Waals surface area contributed by atoms with E-state index in [-0.39, 0.29) is 12.4 Å². The lowest BCUT2D eigenvalue weighted by atomic mass is 10.2. The highest BCUT2D eigenvalue weighted by molar-refractivity contribution is 6.05. The number of nitrogens with one attached hydrogen (secondary N) is 1. The van der Waals surface area contributed by atoms with Crippen LogP contribution in [0.2, 0.25) is 0 Å². The van der Waals surface area contributed by atoms with Gasteiger partial charge in [0.05, 0.1) is 0 Å². The molecule has 1 aliphatic carbocycles. The lowest BCUT2D eigenvalue weighted by Crippen LogP contribution is -2.16. The first kappa shape index (κ1) is 15.1. The number of nitrogens with zero attached hydrogens (tertiary/aromatic N) is 2. The fourth-order valence-electron chi connectivity index (χ4n) is 3.16. The summed E-state index contributed by atoms with van der Waals surface area (Å²) in [5.74, 6) is 1.73. The van der Waals surface area contributed by atoms with E-state index in [1.807, 2.05) is 18.2 Å². The fraction of sp³-hybridized carbons (Fsp3) is 0.412. The van der Waals surface area contributed by atoms with Crippen molar-refractivity contribution in [3.05, 3.63) is 30.1 Å². The van der Waals surface area contributed by atoms with Gasteiger partial charge < -0.3 is 9.73 Å². The molecule has 4 rings (SSSR count). The van der Waals surface area contributed by atoms with Gasteiger partial charge in [0, 0.05) is 17.8 Å². The molecule has 1 aliphatic rings. The van der Waals surface area contributed by atoms with Crippen LogP contribution in [0.3, 0.4) is 0 Å². The molecule has 22 heavy (non-hydrogen) atoms. The van der Waals surface area contributed by atoms with Crippen LogP contribution in [0.1, 0.15) is 38.4 Å². The highest BCUT2D eigenvalue weighted by atomic mass is 35.5. The van der Waals surface area contributed by atoms with E-state index in [4.69, 9.17) is 4.42 Å². The molecule has 5 heteroatoms. The number of anilines is 1. The van der Waals surface area contributed by atoms with Crippen molar-refractivity contribution in [1.29, 1.82) is 0 Å². The number of rotatable bonds is 3. The molecule has 1 saturated carbocycles. The quantitative estimate of drug-likeness (QED) is 0.759. The summed E-state index contributed by atoms with van der Waals surface area (Å²) in [5, 5.41) is 4.64. The summed E-state index contributed by atoms with van der Waals surface area (Å²) in [7, 11) is 0. The third kappa shape index (κ3) is 2.52. The number of aromatic nitrogens is 2. The number of benzene rings is 1. The predicted octanol–water partition coefficient (Wildman–Crippen LogP) is 4.71. The standard InChI is InChI=1S/C17H19N3O.ClH/c1-2-14-19-15-12-9-5-6-10-13(12)21-16(15)17(20-14)18-11-7-3-4-8-11;/h5-6,9-11H,2-4,7-8H2,1H3,(H,18,19,20);1H. The van der Waals surface area contributed by atoms with Crippen LogP contribution in [-0.4, -0.2) is 16.0 Å². The van der Waals surface area contributed by atoms with E-state index in [1.165, 1.54) is 25.7 Å². The normalized spacial score (nSPS) is 15.3. The van der Waals surface area contributed by atoms with Crippen LogP contribution in [0.25, 0.3) is 22.1 Å². The second-order valence-corrected chi connectivity index (χ2v) is 5.74. The molecule has 1 N–H and O–H groups in total. The summed E-state index contributed by atoms with van der Waals surface area (Å²) < 4.78 is 6.01. The zero-order chi connectivity index (χ0) is 14.2. The molecular formula is C17H20ClN3O. The Balaban J connectivity index is 0.00000144. The highest BCUT2D eigenvalue weighted by Crippen LogP contribution is 2.32. The van der Waals surface area contributed by atoms with Gasteiger partial charge in [0.1, 0.15) is 16.9 Å². The number of hydrogen-bond acceptors (Lipinski definition) is 4. The van der Waals surface area contributed by atoms with Crippen molar-refractivity contribution in [2.45, 2.75) is 45.1 Å². The molecule has 0 amide bonds. The maximum Gasteiger partial charge on any atom is 0.196 e. The number of para-hydroxylation sites is 1. The first-order valence-electron chi connectivity index (χ1n) is 7.80. The van der Waals surface area contributed by atoms with Crippen LogP contribution in [0.15, 0.2) is 28.7 Å². The van der Waals surface area contributed by atoms with Crippen LogP contribution in [0.5, 0.6) is 0 Å². The van der Waals surface area contributed by atoms with Crippen molar-refractivity contribution in [3.8, 4) is 0 Å². The first-order valence-corrected chi connectivity index (χ1v) is 7.80. The molecule has 2 aromatic heterocycles. The summed E-state index contributed by atoms with van der Waals surface area (Å²) in [6.07, 6.45) is 5.86. The van der Waals surface area contributed by atoms with Gasteiger partial charge in [0.2, 0.25) is 0 Å². The van der Waals surface area contributed by atoms with Crippen LogP contribution >= 0.6 is 12.4 Å². The Morgan fingerprint density at radius 1 is 1.18 bits per heavy atom. The van der Waals surface area contributed by atoms with E-state index in [2.05, 4.69) is 28.3 Å². The molecule has 3 aromatic rings. The average Bonchev–Trinajstić information content (AvgIpc) is 3.14. The molecule has 2 heterocycles. The van der Waals surface area contributed by atoms with Crippen molar-refractivity contribution in [2.75, 3.05) is 5.32 Å². The Kier molecular flexibility index (Phi) is 4.21. The summed E-state index contributed by atoms with van der Waals surface area (Å²) in [6, 6.07) is 8.58. The molecule has 0 unspecified atom stereocenters. The molecule has 0 bridgehead atoms. The van der Waals surface area contributed by atoms with Crippen molar-refractivity contribution >= 4 is 40.3 Å². The van der Waals surface area contributed by atoms with Gasteiger partial charge in [-0.2, -0.15) is 0 Å². The minimum atomic E-state index is 0. The maximum atomic E-state index is 6.01. The monoisotopic (exact) mass is 317 g/mol. The first-order chi connectivity index (χ1) is 10.3. The Morgan fingerprint density at radius 3 is 2.73 bits per heavy atom. The van der Waals surface area contributed by atoms with Gasteiger partial charge >= 0.3 is 0 Å².